The fraction of sp³-hybridized carbons (Fsp3) is 0.125. The zero-order valence-electron chi connectivity index (χ0n) is 7.25. The van der Waals surface area contributed by atoms with Crippen LogP contribution < -0.4 is 5.73 Å². The fourth-order valence-corrected chi connectivity index (χ4v) is 1.17. The Kier molecular flexibility index (Phi) is 2.11. The number of nitrogens with one attached hydrogen (secondary N) is 1. The number of benzene rings is 1. The SMILES string of the molecule is NC(c1cccc(O)c1)c1nn[nH]n1. The second-order valence-corrected chi connectivity index (χ2v) is 2.84. The van der Waals surface area contributed by atoms with E-state index in [1.807, 2.05) is 0 Å². The number of phenolic OH excluding ortho intramolecular Hbond substituents is 1. The van der Waals surface area contributed by atoms with Crippen molar-refractivity contribution in [3.63, 3.8) is 0 Å². The minimum absolute atomic E-state index is 0.168. The third-order valence-corrected chi connectivity index (χ3v) is 1.87. The van der Waals surface area contributed by atoms with Crippen molar-refractivity contribution in [3.8, 4) is 5.75 Å². The summed E-state index contributed by atoms with van der Waals surface area (Å²) >= 11 is 0. The predicted octanol–water partition coefficient (Wildman–Crippen LogP) is -0.0466. The van der Waals surface area contributed by atoms with Crippen LogP contribution in [0.4, 0.5) is 0 Å². The number of hydrogen-bond acceptors (Lipinski definition) is 5. The summed E-state index contributed by atoms with van der Waals surface area (Å²) < 4.78 is 0. The van der Waals surface area contributed by atoms with Gasteiger partial charge in [0.05, 0.1) is 6.04 Å². The summed E-state index contributed by atoms with van der Waals surface area (Å²) in [7, 11) is 0. The highest BCUT2D eigenvalue weighted by Gasteiger charge is 2.13. The van der Waals surface area contributed by atoms with Crippen molar-refractivity contribution >= 4 is 0 Å². The number of aromatic nitrogens is 4. The van der Waals surface area contributed by atoms with Crippen molar-refractivity contribution in [2.45, 2.75) is 6.04 Å². The molecule has 0 bridgehead atoms. The lowest BCUT2D eigenvalue weighted by Gasteiger charge is -2.06. The molecule has 0 aliphatic carbocycles. The van der Waals surface area contributed by atoms with Crippen LogP contribution in [0.2, 0.25) is 0 Å². The summed E-state index contributed by atoms with van der Waals surface area (Å²) in [6.45, 7) is 0. The molecule has 0 spiro atoms. The first-order valence-corrected chi connectivity index (χ1v) is 4.05. The highest BCUT2D eigenvalue weighted by Crippen LogP contribution is 2.19. The molecule has 14 heavy (non-hydrogen) atoms. The van der Waals surface area contributed by atoms with Gasteiger partial charge in [0, 0.05) is 0 Å². The van der Waals surface area contributed by atoms with E-state index in [0.29, 0.717) is 5.82 Å². The first kappa shape index (κ1) is 8.64. The van der Waals surface area contributed by atoms with Gasteiger partial charge in [-0.3, -0.25) is 0 Å². The molecule has 1 unspecified atom stereocenters. The van der Waals surface area contributed by atoms with Gasteiger partial charge in [0.1, 0.15) is 5.75 Å². The Morgan fingerprint density at radius 2 is 2.29 bits per heavy atom. The van der Waals surface area contributed by atoms with Gasteiger partial charge in [-0.2, -0.15) is 5.21 Å². The summed E-state index contributed by atoms with van der Waals surface area (Å²) in [5, 5.41) is 22.5. The Morgan fingerprint density at radius 3 is 2.93 bits per heavy atom. The predicted molar refractivity (Wildman–Crippen MR) is 48.3 cm³/mol. The Hall–Kier alpha value is -1.95. The van der Waals surface area contributed by atoms with Crippen molar-refractivity contribution in [3.05, 3.63) is 35.7 Å². The molecule has 0 aliphatic rings. The van der Waals surface area contributed by atoms with Crippen LogP contribution >= 0.6 is 0 Å². The molecule has 0 radical (unpaired) electrons. The molecule has 6 heteroatoms. The number of H-pyrrole nitrogens is 1. The number of tetrazole rings is 1. The summed E-state index contributed by atoms with van der Waals surface area (Å²) in [6, 6.07) is 6.18. The molecule has 0 amide bonds. The lowest BCUT2D eigenvalue weighted by molar-refractivity contribution is 0.474. The Labute approximate surface area is 79.8 Å². The van der Waals surface area contributed by atoms with Gasteiger partial charge in [0.25, 0.3) is 0 Å². The maximum absolute atomic E-state index is 9.24. The minimum Gasteiger partial charge on any atom is -0.508 e. The van der Waals surface area contributed by atoms with E-state index in [0.717, 1.165) is 5.56 Å². The van der Waals surface area contributed by atoms with E-state index in [4.69, 9.17) is 5.73 Å². The number of nitrogens with two attached hydrogens (primary N) is 1. The lowest BCUT2D eigenvalue weighted by atomic mass is 10.1. The van der Waals surface area contributed by atoms with Crippen molar-refractivity contribution in [1.29, 1.82) is 0 Å². The molecule has 2 aromatic rings. The molecule has 1 aromatic heterocycles. The lowest BCUT2D eigenvalue weighted by Crippen LogP contribution is -2.13. The quantitative estimate of drug-likeness (QED) is 0.618. The van der Waals surface area contributed by atoms with Crippen LogP contribution in [0.25, 0.3) is 0 Å². The average molecular weight is 191 g/mol. The van der Waals surface area contributed by atoms with E-state index in [1.165, 1.54) is 0 Å². The van der Waals surface area contributed by atoms with Gasteiger partial charge in [0.15, 0.2) is 5.82 Å². The van der Waals surface area contributed by atoms with Gasteiger partial charge in [-0.25, -0.2) is 0 Å². The van der Waals surface area contributed by atoms with Gasteiger partial charge in [0.2, 0.25) is 0 Å². The highest BCUT2D eigenvalue weighted by atomic mass is 16.3. The number of phenols is 1. The molecule has 4 N–H and O–H groups in total. The van der Waals surface area contributed by atoms with Crippen LogP contribution in [0, 0.1) is 0 Å². The molecular formula is C8H9N5O. The number of hydrogen-bond donors (Lipinski definition) is 3. The standard InChI is InChI=1S/C8H9N5O/c9-7(8-10-12-13-11-8)5-2-1-3-6(14)4-5/h1-4,7,14H,9H2,(H,10,11,12,13). The van der Waals surface area contributed by atoms with E-state index in [1.54, 1.807) is 24.3 Å². The first-order valence-electron chi connectivity index (χ1n) is 4.05. The number of rotatable bonds is 2. The van der Waals surface area contributed by atoms with Crippen molar-refractivity contribution in [2.24, 2.45) is 5.73 Å². The Balaban J connectivity index is 2.32. The van der Waals surface area contributed by atoms with Gasteiger partial charge in [-0.15, -0.1) is 10.2 Å². The van der Waals surface area contributed by atoms with Crippen molar-refractivity contribution < 1.29 is 5.11 Å². The number of nitrogens with zero attached hydrogens (tertiary/aromatic N) is 3. The molecule has 6 nitrogen and oxygen atoms in total. The normalized spacial score (nSPS) is 12.6. The molecule has 0 saturated carbocycles. The molecule has 0 aliphatic heterocycles. The highest BCUT2D eigenvalue weighted by molar-refractivity contribution is 5.31. The smallest absolute Gasteiger partial charge is 0.195 e. The van der Waals surface area contributed by atoms with Gasteiger partial charge in [-0.05, 0) is 17.7 Å². The number of aromatic hydroxyl groups is 1. The van der Waals surface area contributed by atoms with Crippen molar-refractivity contribution in [1.82, 2.24) is 20.6 Å². The van der Waals surface area contributed by atoms with E-state index in [9.17, 15) is 5.11 Å². The van der Waals surface area contributed by atoms with Crippen LogP contribution in [0.3, 0.4) is 0 Å². The third-order valence-electron chi connectivity index (χ3n) is 1.87. The molecular weight excluding hydrogens is 182 g/mol. The molecule has 1 heterocycles. The monoisotopic (exact) mass is 191 g/mol. The van der Waals surface area contributed by atoms with Crippen molar-refractivity contribution in [2.75, 3.05) is 0 Å². The summed E-state index contributed by atoms with van der Waals surface area (Å²) in [5.41, 5.74) is 6.58. The van der Waals surface area contributed by atoms with Crippen LogP contribution in [0.15, 0.2) is 24.3 Å². The third kappa shape index (κ3) is 1.55. The summed E-state index contributed by atoms with van der Waals surface area (Å²) in [4.78, 5) is 0. The second-order valence-electron chi connectivity index (χ2n) is 2.84. The van der Waals surface area contributed by atoms with Crippen LogP contribution in [-0.4, -0.2) is 25.7 Å². The van der Waals surface area contributed by atoms with Gasteiger partial charge in [-0.1, -0.05) is 17.3 Å². The van der Waals surface area contributed by atoms with E-state index in [-0.39, 0.29) is 5.75 Å². The van der Waals surface area contributed by atoms with Gasteiger partial charge >= 0.3 is 0 Å². The van der Waals surface area contributed by atoms with Crippen LogP contribution in [0.5, 0.6) is 5.75 Å². The molecule has 2 rings (SSSR count). The molecule has 72 valence electrons. The largest absolute Gasteiger partial charge is 0.508 e. The zero-order valence-corrected chi connectivity index (χ0v) is 7.25. The number of aromatic amines is 1. The van der Waals surface area contributed by atoms with Crippen LogP contribution in [-0.2, 0) is 0 Å². The topological polar surface area (TPSA) is 101 Å². The maximum atomic E-state index is 9.24. The Bertz CT molecular complexity index is 413. The Morgan fingerprint density at radius 1 is 1.43 bits per heavy atom. The maximum Gasteiger partial charge on any atom is 0.195 e. The zero-order chi connectivity index (χ0) is 9.97. The summed E-state index contributed by atoms with van der Waals surface area (Å²) in [5.74, 6) is 0.567. The van der Waals surface area contributed by atoms with E-state index >= 15 is 0 Å². The molecule has 0 saturated heterocycles. The summed E-state index contributed by atoms with van der Waals surface area (Å²) in [6.07, 6.45) is 0. The molecule has 0 fully saturated rings. The van der Waals surface area contributed by atoms with Crippen LogP contribution in [0.1, 0.15) is 17.4 Å². The second kappa shape index (κ2) is 3.43. The average Bonchev–Trinajstić information content (AvgIpc) is 2.69. The van der Waals surface area contributed by atoms with Gasteiger partial charge < -0.3 is 10.8 Å². The molecule has 1 aromatic carbocycles. The fourth-order valence-electron chi connectivity index (χ4n) is 1.17. The van der Waals surface area contributed by atoms with E-state index in [2.05, 4.69) is 20.6 Å². The van der Waals surface area contributed by atoms with E-state index < -0.39 is 6.04 Å². The molecule has 1 atom stereocenters. The minimum atomic E-state index is -0.471. The first-order chi connectivity index (χ1) is 6.77.